The third-order valence-corrected chi connectivity index (χ3v) is 2.81. The van der Waals surface area contributed by atoms with Crippen molar-refractivity contribution in [2.24, 2.45) is 0 Å². The Labute approximate surface area is 114 Å². The SMILES string of the molecule is C=C(C)C(=O)NCCCN(C)c1ccc(C=O)cc1. The van der Waals surface area contributed by atoms with E-state index >= 15 is 0 Å². The van der Waals surface area contributed by atoms with Crippen LogP contribution in [-0.2, 0) is 4.79 Å². The predicted molar refractivity (Wildman–Crippen MR) is 77.5 cm³/mol. The van der Waals surface area contributed by atoms with Crippen molar-refractivity contribution in [1.82, 2.24) is 5.32 Å². The molecule has 0 aliphatic heterocycles. The molecule has 1 rings (SSSR count). The maximum atomic E-state index is 11.3. The van der Waals surface area contributed by atoms with Gasteiger partial charge in [0, 0.05) is 37.0 Å². The zero-order chi connectivity index (χ0) is 14.3. The Kier molecular flexibility index (Phi) is 5.79. The van der Waals surface area contributed by atoms with Gasteiger partial charge in [0.2, 0.25) is 5.91 Å². The largest absolute Gasteiger partial charge is 0.375 e. The minimum absolute atomic E-state index is 0.0991. The van der Waals surface area contributed by atoms with Gasteiger partial charge in [0.15, 0.2) is 0 Å². The van der Waals surface area contributed by atoms with Gasteiger partial charge in [-0.25, -0.2) is 0 Å². The first-order chi connectivity index (χ1) is 9.04. The van der Waals surface area contributed by atoms with Gasteiger partial charge in [-0.3, -0.25) is 9.59 Å². The second-order valence-electron chi connectivity index (χ2n) is 4.52. The van der Waals surface area contributed by atoms with Gasteiger partial charge in [-0.2, -0.15) is 0 Å². The molecule has 0 spiro atoms. The van der Waals surface area contributed by atoms with Crippen molar-refractivity contribution in [2.45, 2.75) is 13.3 Å². The van der Waals surface area contributed by atoms with Crippen LogP contribution in [0.2, 0.25) is 0 Å². The molecular formula is C15H20N2O2. The summed E-state index contributed by atoms with van der Waals surface area (Å²) in [4.78, 5) is 23.9. The molecule has 1 aromatic rings. The molecule has 4 heteroatoms. The number of aldehydes is 1. The predicted octanol–water partition coefficient (Wildman–Crippen LogP) is 2.02. The van der Waals surface area contributed by atoms with Crippen LogP contribution in [0.1, 0.15) is 23.7 Å². The smallest absolute Gasteiger partial charge is 0.246 e. The molecule has 0 saturated heterocycles. The number of carbonyl (C=O) groups excluding carboxylic acids is 2. The summed E-state index contributed by atoms with van der Waals surface area (Å²) in [7, 11) is 1.98. The topological polar surface area (TPSA) is 49.4 Å². The van der Waals surface area contributed by atoms with E-state index in [1.165, 1.54) is 0 Å². The van der Waals surface area contributed by atoms with Crippen LogP contribution in [0.5, 0.6) is 0 Å². The molecule has 0 saturated carbocycles. The maximum absolute atomic E-state index is 11.3. The summed E-state index contributed by atoms with van der Waals surface area (Å²) >= 11 is 0. The summed E-state index contributed by atoms with van der Waals surface area (Å²) in [5.74, 6) is -0.0991. The second kappa shape index (κ2) is 7.36. The van der Waals surface area contributed by atoms with Crippen LogP contribution in [0.25, 0.3) is 0 Å². The number of nitrogens with zero attached hydrogens (tertiary/aromatic N) is 1. The van der Waals surface area contributed by atoms with E-state index in [2.05, 4.69) is 16.8 Å². The van der Waals surface area contributed by atoms with Crippen molar-refractivity contribution in [3.8, 4) is 0 Å². The van der Waals surface area contributed by atoms with Gasteiger partial charge in [-0.1, -0.05) is 6.58 Å². The molecule has 0 aliphatic carbocycles. The van der Waals surface area contributed by atoms with E-state index in [4.69, 9.17) is 0 Å². The van der Waals surface area contributed by atoms with Crippen LogP contribution in [0.4, 0.5) is 5.69 Å². The molecule has 0 heterocycles. The number of hydrogen-bond acceptors (Lipinski definition) is 3. The van der Waals surface area contributed by atoms with E-state index in [0.29, 0.717) is 17.7 Å². The minimum atomic E-state index is -0.0991. The Morgan fingerprint density at radius 3 is 2.53 bits per heavy atom. The highest BCUT2D eigenvalue weighted by molar-refractivity contribution is 5.92. The molecule has 0 aliphatic rings. The number of nitrogens with one attached hydrogen (secondary N) is 1. The lowest BCUT2D eigenvalue weighted by Gasteiger charge is -2.19. The molecule has 0 unspecified atom stereocenters. The Balaban J connectivity index is 2.34. The van der Waals surface area contributed by atoms with E-state index in [0.717, 1.165) is 24.9 Å². The number of amides is 1. The minimum Gasteiger partial charge on any atom is -0.375 e. The zero-order valence-corrected chi connectivity index (χ0v) is 11.5. The molecule has 102 valence electrons. The summed E-state index contributed by atoms with van der Waals surface area (Å²) < 4.78 is 0. The summed E-state index contributed by atoms with van der Waals surface area (Å²) in [6, 6.07) is 7.41. The van der Waals surface area contributed by atoms with Crippen LogP contribution >= 0.6 is 0 Å². The van der Waals surface area contributed by atoms with E-state index in [1.807, 2.05) is 19.2 Å². The van der Waals surface area contributed by atoms with Crippen molar-refractivity contribution >= 4 is 17.9 Å². The molecule has 1 aromatic carbocycles. The fourth-order valence-electron chi connectivity index (χ4n) is 1.61. The first kappa shape index (κ1) is 15.0. The molecule has 19 heavy (non-hydrogen) atoms. The third kappa shape index (κ3) is 4.95. The first-order valence-electron chi connectivity index (χ1n) is 6.24. The lowest BCUT2D eigenvalue weighted by atomic mass is 10.2. The number of anilines is 1. The summed E-state index contributed by atoms with van der Waals surface area (Å²) in [6.45, 7) is 6.73. The van der Waals surface area contributed by atoms with Crippen molar-refractivity contribution in [2.75, 3.05) is 25.0 Å². The van der Waals surface area contributed by atoms with Gasteiger partial charge in [0.05, 0.1) is 0 Å². The summed E-state index contributed by atoms with van der Waals surface area (Å²) in [5, 5.41) is 2.80. The number of hydrogen-bond donors (Lipinski definition) is 1. The van der Waals surface area contributed by atoms with Gasteiger partial charge in [0.25, 0.3) is 0 Å². The average Bonchev–Trinajstić information content (AvgIpc) is 2.43. The third-order valence-electron chi connectivity index (χ3n) is 2.81. The molecule has 0 fully saturated rings. The summed E-state index contributed by atoms with van der Waals surface area (Å²) in [6.07, 6.45) is 1.68. The highest BCUT2D eigenvalue weighted by Gasteiger charge is 2.02. The lowest BCUT2D eigenvalue weighted by Crippen LogP contribution is -2.28. The number of benzene rings is 1. The van der Waals surface area contributed by atoms with Gasteiger partial charge < -0.3 is 10.2 Å². The Hall–Kier alpha value is -2.10. The maximum Gasteiger partial charge on any atom is 0.246 e. The van der Waals surface area contributed by atoms with Crippen molar-refractivity contribution in [3.05, 3.63) is 42.0 Å². The highest BCUT2D eigenvalue weighted by Crippen LogP contribution is 2.12. The van der Waals surface area contributed by atoms with E-state index in [-0.39, 0.29) is 5.91 Å². The lowest BCUT2D eigenvalue weighted by molar-refractivity contribution is -0.117. The fraction of sp³-hybridized carbons (Fsp3) is 0.333. The van der Waals surface area contributed by atoms with Crippen molar-refractivity contribution in [1.29, 1.82) is 0 Å². The molecule has 4 nitrogen and oxygen atoms in total. The van der Waals surface area contributed by atoms with Gasteiger partial charge >= 0.3 is 0 Å². The molecule has 0 radical (unpaired) electrons. The fourth-order valence-corrected chi connectivity index (χ4v) is 1.61. The van der Waals surface area contributed by atoms with Gasteiger partial charge in [0.1, 0.15) is 6.29 Å². The average molecular weight is 260 g/mol. The Morgan fingerprint density at radius 1 is 1.37 bits per heavy atom. The molecular weight excluding hydrogens is 240 g/mol. The number of rotatable bonds is 7. The monoisotopic (exact) mass is 260 g/mol. The van der Waals surface area contributed by atoms with Gasteiger partial charge in [-0.15, -0.1) is 0 Å². The van der Waals surface area contributed by atoms with E-state index in [9.17, 15) is 9.59 Å². The van der Waals surface area contributed by atoms with Crippen molar-refractivity contribution in [3.63, 3.8) is 0 Å². The van der Waals surface area contributed by atoms with E-state index < -0.39 is 0 Å². The molecule has 1 amide bonds. The molecule has 0 aromatic heterocycles. The molecule has 1 N–H and O–H groups in total. The summed E-state index contributed by atoms with van der Waals surface area (Å²) in [5.41, 5.74) is 2.25. The van der Waals surface area contributed by atoms with Crippen LogP contribution in [0.15, 0.2) is 36.4 Å². The second-order valence-corrected chi connectivity index (χ2v) is 4.52. The number of carbonyl (C=O) groups is 2. The van der Waals surface area contributed by atoms with Crippen molar-refractivity contribution < 1.29 is 9.59 Å². The van der Waals surface area contributed by atoms with Crippen LogP contribution < -0.4 is 10.2 Å². The normalized spacial score (nSPS) is 9.79. The van der Waals surface area contributed by atoms with Gasteiger partial charge in [-0.05, 0) is 37.6 Å². The molecule has 0 atom stereocenters. The highest BCUT2D eigenvalue weighted by atomic mass is 16.1. The van der Waals surface area contributed by atoms with Crippen LogP contribution in [0.3, 0.4) is 0 Å². The first-order valence-corrected chi connectivity index (χ1v) is 6.24. The van der Waals surface area contributed by atoms with E-state index in [1.54, 1.807) is 19.1 Å². The quantitative estimate of drug-likeness (QED) is 0.463. The zero-order valence-electron chi connectivity index (χ0n) is 11.5. The molecule has 0 bridgehead atoms. The Bertz CT molecular complexity index is 452. The Morgan fingerprint density at radius 2 is 2.00 bits per heavy atom. The van der Waals surface area contributed by atoms with Crippen LogP contribution in [-0.4, -0.2) is 32.3 Å². The van der Waals surface area contributed by atoms with Crippen LogP contribution in [0, 0.1) is 0 Å². The standard InChI is InChI=1S/C15H20N2O2/c1-12(2)15(19)16-9-4-10-17(3)14-7-5-13(11-18)6-8-14/h5-8,11H,1,4,9-10H2,2-3H3,(H,16,19).